The van der Waals surface area contributed by atoms with Gasteiger partial charge in [-0.15, -0.1) is 6.58 Å². The minimum absolute atomic E-state index is 0.418. The summed E-state index contributed by atoms with van der Waals surface area (Å²) in [4.78, 5) is 2.39. The number of fused-ring (bicyclic) bond motifs is 1. The minimum Gasteiger partial charge on any atom is -0.468 e. The van der Waals surface area contributed by atoms with E-state index >= 15 is 0 Å². The monoisotopic (exact) mass is 287 g/mol. The molecule has 1 aliphatic rings. The first-order valence-electron chi connectivity index (χ1n) is 7.29. The quantitative estimate of drug-likeness (QED) is 0.604. The molecule has 112 valence electrons. The molecular formula is C16H21N3O2. The largest absolute Gasteiger partial charge is 0.468 e. The summed E-state index contributed by atoms with van der Waals surface area (Å²) in [7, 11) is 0. The fourth-order valence-corrected chi connectivity index (χ4v) is 2.79. The second-order valence-corrected chi connectivity index (χ2v) is 5.45. The van der Waals surface area contributed by atoms with Crippen LogP contribution in [-0.2, 0) is 24.4 Å². The summed E-state index contributed by atoms with van der Waals surface area (Å²) in [6.45, 7) is 8.58. The van der Waals surface area contributed by atoms with Crippen molar-refractivity contribution < 1.29 is 9.15 Å². The third-order valence-corrected chi connectivity index (χ3v) is 3.69. The second-order valence-electron chi connectivity index (χ2n) is 5.45. The van der Waals surface area contributed by atoms with Gasteiger partial charge in [0.2, 0.25) is 0 Å². The van der Waals surface area contributed by atoms with E-state index in [1.165, 1.54) is 5.69 Å². The Morgan fingerprint density at radius 1 is 1.43 bits per heavy atom. The van der Waals surface area contributed by atoms with Crippen LogP contribution < -0.4 is 0 Å². The molecule has 5 heteroatoms. The molecule has 0 radical (unpaired) electrons. The van der Waals surface area contributed by atoms with Gasteiger partial charge in [0, 0.05) is 31.7 Å². The van der Waals surface area contributed by atoms with Gasteiger partial charge >= 0.3 is 0 Å². The van der Waals surface area contributed by atoms with Gasteiger partial charge < -0.3 is 9.15 Å². The lowest BCUT2D eigenvalue weighted by molar-refractivity contribution is 0.0914. The number of aromatic nitrogens is 2. The zero-order valence-corrected chi connectivity index (χ0v) is 12.1. The fourth-order valence-electron chi connectivity index (χ4n) is 2.79. The summed E-state index contributed by atoms with van der Waals surface area (Å²) in [6.07, 6.45) is 5.38. The Kier molecular flexibility index (Phi) is 4.52. The lowest BCUT2D eigenvalue weighted by Crippen LogP contribution is -2.30. The van der Waals surface area contributed by atoms with Gasteiger partial charge in [0.25, 0.3) is 0 Å². The van der Waals surface area contributed by atoms with Gasteiger partial charge in [0.05, 0.1) is 31.7 Å². The van der Waals surface area contributed by atoms with Crippen molar-refractivity contribution in [2.45, 2.75) is 19.6 Å². The fraction of sp³-hybridized carbons (Fsp3) is 0.438. The zero-order valence-electron chi connectivity index (χ0n) is 12.1. The summed E-state index contributed by atoms with van der Waals surface area (Å²) < 4.78 is 13.2. The molecule has 0 spiro atoms. The van der Waals surface area contributed by atoms with E-state index in [1.807, 2.05) is 18.3 Å². The Morgan fingerprint density at radius 3 is 3.19 bits per heavy atom. The highest BCUT2D eigenvalue weighted by atomic mass is 16.5. The van der Waals surface area contributed by atoms with Gasteiger partial charge in [-0.05, 0) is 18.2 Å². The van der Waals surface area contributed by atoms with Crippen molar-refractivity contribution in [1.29, 1.82) is 0 Å². The summed E-state index contributed by atoms with van der Waals surface area (Å²) >= 11 is 0. The Morgan fingerprint density at radius 2 is 2.38 bits per heavy atom. The van der Waals surface area contributed by atoms with E-state index in [-0.39, 0.29) is 0 Å². The molecule has 2 aromatic heterocycles. The molecule has 0 aromatic carbocycles. The summed E-state index contributed by atoms with van der Waals surface area (Å²) in [5.41, 5.74) is 1.24. The van der Waals surface area contributed by atoms with E-state index in [9.17, 15) is 0 Å². The molecule has 1 atom stereocenters. The Balaban J connectivity index is 1.69. The zero-order chi connectivity index (χ0) is 14.5. The predicted octanol–water partition coefficient (Wildman–Crippen LogP) is 2.31. The van der Waals surface area contributed by atoms with E-state index < -0.39 is 0 Å². The number of hydrogen-bond donors (Lipinski definition) is 0. The van der Waals surface area contributed by atoms with E-state index in [0.29, 0.717) is 12.5 Å². The number of nitrogens with zero attached hydrogens (tertiary/aromatic N) is 3. The molecule has 0 saturated heterocycles. The van der Waals surface area contributed by atoms with E-state index in [2.05, 4.69) is 27.3 Å². The standard InChI is InChI=1S/C16H21N3O2/c1-2-7-20-13-14-9-18(12-16-4-3-8-21-16)11-15-5-6-17-19(15)10-14/h2-6,8,14H,1,7,9-13H2. The lowest BCUT2D eigenvalue weighted by atomic mass is 10.1. The minimum atomic E-state index is 0.418. The van der Waals surface area contributed by atoms with Gasteiger partial charge in [0.15, 0.2) is 0 Å². The second kappa shape index (κ2) is 6.74. The number of rotatable bonds is 6. The van der Waals surface area contributed by atoms with Crippen molar-refractivity contribution in [1.82, 2.24) is 14.7 Å². The predicted molar refractivity (Wildman–Crippen MR) is 79.6 cm³/mol. The molecule has 3 heterocycles. The van der Waals surface area contributed by atoms with Gasteiger partial charge in [0.1, 0.15) is 5.76 Å². The first-order valence-corrected chi connectivity index (χ1v) is 7.29. The molecule has 0 aliphatic carbocycles. The van der Waals surface area contributed by atoms with Crippen molar-refractivity contribution in [2.75, 3.05) is 19.8 Å². The molecule has 3 rings (SSSR count). The van der Waals surface area contributed by atoms with Gasteiger partial charge in [-0.2, -0.15) is 5.10 Å². The first kappa shape index (κ1) is 14.1. The molecule has 1 aliphatic heterocycles. The van der Waals surface area contributed by atoms with Crippen LogP contribution in [0.1, 0.15) is 11.5 Å². The van der Waals surface area contributed by atoms with Crippen molar-refractivity contribution in [3.05, 3.63) is 54.8 Å². The smallest absolute Gasteiger partial charge is 0.117 e. The number of ether oxygens (including phenoxy) is 1. The Hall–Kier alpha value is -1.85. The SMILES string of the molecule is C=CCOCC1CN(Cc2ccco2)Cc2ccnn2C1. The van der Waals surface area contributed by atoms with Gasteiger partial charge in [-0.1, -0.05) is 6.08 Å². The van der Waals surface area contributed by atoms with Crippen LogP contribution in [0.25, 0.3) is 0 Å². The van der Waals surface area contributed by atoms with Crippen LogP contribution in [-0.4, -0.2) is 34.4 Å². The molecule has 21 heavy (non-hydrogen) atoms. The van der Waals surface area contributed by atoms with Gasteiger partial charge in [-0.25, -0.2) is 0 Å². The molecule has 0 saturated carbocycles. The lowest BCUT2D eigenvalue weighted by Gasteiger charge is -2.22. The maximum atomic E-state index is 5.64. The Labute approximate surface area is 124 Å². The first-order chi connectivity index (χ1) is 10.3. The van der Waals surface area contributed by atoms with Crippen LogP contribution in [0.3, 0.4) is 0 Å². The molecule has 5 nitrogen and oxygen atoms in total. The van der Waals surface area contributed by atoms with E-state index in [1.54, 1.807) is 12.3 Å². The topological polar surface area (TPSA) is 43.4 Å². The molecule has 0 fully saturated rings. The number of hydrogen-bond acceptors (Lipinski definition) is 4. The maximum absolute atomic E-state index is 5.64. The molecular weight excluding hydrogens is 266 g/mol. The van der Waals surface area contributed by atoms with Crippen LogP contribution in [0.4, 0.5) is 0 Å². The number of furan rings is 1. The average Bonchev–Trinajstić information content (AvgIpc) is 3.09. The van der Waals surface area contributed by atoms with Crippen molar-refractivity contribution in [3.8, 4) is 0 Å². The third kappa shape index (κ3) is 3.62. The summed E-state index contributed by atoms with van der Waals surface area (Å²) in [5, 5.41) is 4.42. The average molecular weight is 287 g/mol. The molecule has 0 N–H and O–H groups in total. The molecule has 0 amide bonds. The highest BCUT2D eigenvalue weighted by Gasteiger charge is 2.23. The van der Waals surface area contributed by atoms with Crippen LogP contribution in [0.2, 0.25) is 0 Å². The van der Waals surface area contributed by atoms with Gasteiger partial charge in [-0.3, -0.25) is 9.58 Å². The molecule has 1 unspecified atom stereocenters. The van der Waals surface area contributed by atoms with Crippen molar-refractivity contribution in [3.63, 3.8) is 0 Å². The normalized spacial score (nSPS) is 19.1. The Bertz CT molecular complexity index is 562. The molecule has 2 aromatic rings. The van der Waals surface area contributed by atoms with Crippen molar-refractivity contribution >= 4 is 0 Å². The summed E-state index contributed by atoms with van der Waals surface area (Å²) in [5.74, 6) is 1.41. The van der Waals surface area contributed by atoms with Crippen molar-refractivity contribution in [2.24, 2.45) is 5.92 Å². The highest BCUT2D eigenvalue weighted by Crippen LogP contribution is 2.18. The van der Waals surface area contributed by atoms with Crippen LogP contribution in [0.15, 0.2) is 47.7 Å². The highest BCUT2D eigenvalue weighted by molar-refractivity contribution is 5.04. The van der Waals surface area contributed by atoms with Crippen LogP contribution >= 0.6 is 0 Å². The van der Waals surface area contributed by atoms with Crippen LogP contribution in [0.5, 0.6) is 0 Å². The third-order valence-electron chi connectivity index (χ3n) is 3.69. The summed E-state index contributed by atoms with van der Waals surface area (Å²) in [6, 6.07) is 6.04. The van der Waals surface area contributed by atoms with E-state index in [4.69, 9.17) is 9.15 Å². The van der Waals surface area contributed by atoms with E-state index in [0.717, 1.165) is 38.5 Å². The molecule has 0 bridgehead atoms. The van der Waals surface area contributed by atoms with Crippen LogP contribution in [0, 0.1) is 5.92 Å². The maximum Gasteiger partial charge on any atom is 0.117 e.